The zero-order valence-electron chi connectivity index (χ0n) is 15.8. The molecule has 9 heteroatoms. The van der Waals surface area contributed by atoms with E-state index in [1.165, 1.54) is 7.05 Å². The number of nitrogens with one attached hydrogen (secondary N) is 1. The van der Waals surface area contributed by atoms with Crippen LogP contribution in [0.2, 0.25) is 0 Å². The van der Waals surface area contributed by atoms with E-state index in [4.69, 9.17) is 0 Å². The standard InChI is InChI=1S/C19H20F3N3O3/c1-11-7-12(2)18(13(3)8-11)23-17(26)10-24(4)16-6-5-14(25(27)28)9-15(16)19(20,21)22/h5-9H,10H2,1-4H3,(H,23,26). The summed E-state index contributed by atoms with van der Waals surface area (Å²) in [6.45, 7) is 5.23. The topological polar surface area (TPSA) is 75.5 Å². The number of halogens is 3. The number of benzene rings is 2. The Morgan fingerprint density at radius 3 is 2.21 bits per heavy atom. The zero-order chi connectivity index (χ0) is 21.2. The van der Waals surface area contributed by atoms with Crippen molar-refractivity contribution in [2.45, 2.75) is 26.9 Å². The number of non-ortho nitro benzene ring substituents is 1. The van der Waals surface area contributed by atoms with Crippen LogP contribution in [0.3, 0.4) is 0 Å². The molecular formula is C19H20F3N3O3. The fourth-order valence-electron chi connectivity index (χ4n) is 3.05. The Balaban J connectivity index is 2.26. The summed E-state index contributed by atoms with van der Waals surface area (Å²) in [5.41, 5.74) is 1.19. The van der Waals surface area contributed by atoms with Crippen LogP contribution < -0.4 is 10.2 Å². The molecule has 1 amide bonds. The second-order valence-corrected chi connectivity index (χ2v) is 6.63. The Hall–Kier alpha value is -3.10. The molecule has 0 saturated heterocycles. The van der Waals surface area contributed by atoms with Gasteiger partial charge in [-0.15, -0.1) is 0 Å². The first-order valence-electron chi connectivity index (χ1n) is 8.34. The maximum atomic E-state index is 13.3. The van der Waals surface area contributed by atoms with E-state index < -0.39 is 28.3 Å². The van der Waals surface area contributed by atoms with Gasteiger partial charge in [0.2, 0.25) is 5.91 Å². The van der Waals surface area contributed by atoms with E-state index in [9.17, 15) is 28.1 Å². The van der Waals surface area contributed by atoms with Gasteiger partial charge in [0.1, 0.15) is 0 Å². The first-order valence-corrected chi connectivity index (χ1v) is 8.34. The van der Waals surface area contributed by atoms with Crippen LogP contribution in [0.1, 0.15) is 22.3 Å². The lowest BCUT2D eigenvalue weighted by Crippen LogP contribution is -2.32. The Bertz CT molecular complexity index is 903. The number of carbonyl (C=O) groups is 1. The van der Waals surface area contributed by atoms with Crippen molar-refractivity contribution in [3.63, 3.8) is 0 Å². The number of amides is 1. The number of nitrogens with zero attached hydrogens (tertiary/aromatic N) is 2. The number of rotatable bonds is 5. The molecule has 0 heterocycles. The summed E-state index contributed by atoms with van der Waals surface area (Å²) in [6, 6.07) is 6.23. The Kier molecular flexibility index (Phi) is 5.96. The van der Waals surface area contributed by atoms with Crippen LogP contribution in [-0.4, -0.2) is 24.4 Å². The van der Waals surface area contributed by atoms with Gasteiger partial charge in [0.25, 0.3) is 5.69 Å². The molecule has 0 aliphatic carbocycles. The van der Waals surface area contributed by atoms with E-state index >= 15 is 0 Å². The van der Waals surface area contributed by atoms with Gasteiger partial charge in [-0.2, -0.15) is 13.2 Å². The van der Waals surface area contributed by atoms with Gasteiger partial charge in [0, 0.05) is 30.6 Å². The lowest BCUT2D eigenvalue weighted by atomic mass is 10.1. The van der Waals surface area contributed by atoms with Crippen LogP contribution >= 0.6 is 0 Å². The number of aryl methyl sites for hydroxylation is 3. The fourth-order valence-corrected chi connectivity index (χ4v) is 3.05. The van der Waals surface area contributed by atoms with Crippen LogP contribution in [0.4, 0.5) is 30.2 Å². The average molecular weight is 395 g/mol. The lowest BCUT2D eigenvalue weighted by Gasteiger charge is -2.23. The maximum absolute atomic E-state index is 13.3. The number of alkyl halides is 3. The van der Waals surface area contributed by atoms with Crippen molar-refractivity contribution in [1.29, 1.82) is 0 Å². The summed E-state index contributed by atoms with van der Waals surface area (Å²) in [7, 11) is 1.32. The van der Waals surface area contributed by atoms with E-state index in [2.05, 4.69) is 5.32 Å². The maximum Gasteiger partial charge on any atom is 0.418 e. The first kappa shape index (κ1) is 21.2. The van der Waals surface area contributed by atoms with Crippen molar-refractivity contribution < 1.29 is 22.9 Å². The lowest BCUT2D eigenvalue weighted by molar-refractivity contribution is -0.385. The molecule has 2 aromatic carbocycles. The highest BCUT2D eigenvalue weighted by Gasteiger charge is 2.36. The van der Waals surface area contributed by atoms with E-state index in [1.807, 2.05) is 32.9 Å². The van der Waals surface area contributed by atoms with Crippen LogP contribution in [0.25, 0.3) is 0 Å². The second kappa shape index (κ2) is 7.87. The molecule has 0 bridgehead atoms. The molecule has 0 atom stereocenters. The molecular weight excluding hydrogens is 375 g/mol. The fraction of sp³-hybridized carbons (Fsp3) is 0.316. The van der Waals surface area contributed by atoms with E-state index in [0.29, 0.717) is 11.8 Å². The monoisotopic (exact) mass is 395 g/mol. The van der Waals surface area contributed by atoms with Gasteiger partial charge in [-0.1, -0.05) is 17.7 Å². The highest BCUT2D eigenvalue weighted by atomic mass is 19.4. The summed E-state index contributed by atoms with van der Waals surface area (Å²) in [5, 5.41) is 13.5. The molecule has 1 N–H and O–H groups in total. The quantitative estimate of drug-likeness (QED) is 0.592. The molecule has 28 heavy (non-hydrogen) atoms. The second-order valence-electron chi connectivity index (χ2n) is 6.63. The third-order valence-corrected chi connectivity index (χ3v) is 4.23. The smallest absolute Gasteiger partial charge is 0.365 e. The minimum atomic E-state index is -4.80. The molecule has 6 nitrogen and oxygen atoms in total. The molecule has 0 unspecified atom stereocenters. The Morgan fingerprint density at radius 2 is 1.71 bits per heavy atom. The van der Waals surface area contributed by atoms with Gasteiger partial charge in [-0.05, 0) is 38.0 Å². The van der Waals surface area contributed by atoms with E-state index in [0.717, 1.165) is 33.7 Å². The highest BCUT2D eigenvalue weighted by molar-refractivity contribution is 5.95. The minimum Gasteiger partial charge on any atom is -0.365 e. The van der Waals surface area contributed by atoms with Gasteiger partial charge in [-0.25, -0.2) is 0 Å². The normalized spacial score (nSPS) is 11.2. The van der Waals surface area contributed by atoms with Crippen molar-refractivity contribution >= 4 is 23.0 Å². The summed E-state index contributed by atoms with van der Waals surface area (Å²) in [5.74, 6) is -0.496. The van der Waals surface area contributed by atoms with E-state index in [1.54, 1.807) is 0 Å². The number of hydrogen-bond donors (Lipinski definition) is 1. The molecule has 0 radical (unpaired) electrons. The predicted molar refractivity (Wildman–Crippen MR) is 101 cm³/mol. The Morgan fingerprint density at radius 1 is 1.14 bits per heavy atom. The predicted octanol–water partition coefficient (Wildman–Crippen LogP) is 4.61. The van der Waals surface area contributed by atoms with Gasteiger partial charge < -0.3 is 10.2 Å². The highest BCUT2D eigenvalue weighted by Crippen LogP contribution is 2.38. The first-order chi connectivity index (χ1) is 12.9. The van der Waals surface area contributed by atoms with Crippen LogP contribution in [0.5, 0.6) is 0 Å². The van der Waals surface area contributed by atoms with Gasteiger partial charge in [0.15, 0.2) is 0 Å². The average Bonchev–Trinajstić information content (AvgIpc) is 2.56. The van der Waals surface area contributed by atoms with Gasteiger partial charge in [-0.3, -0.25) is 14.9 Å². The summed E-state index contributed by atoms with van der Waals surface area (Å²) >= 11 is 0. The van der Waals surface area contributed by atoms with Crippen molar-refractivity contribution in [2.75, 3.05) is 23.8 Å². The number of likely N-dealkylation sites (N-methyl/N-ethyl adjacent to an activating group) is 1. The van der Waals surface area contributed by atoms with Crippen molar-refractivity contribution in [1.82, 2.24) is 0 Å². The molecule has 0 aliphatic rings. The molecule has 0 saturated carbocycles. The van der Waals surface area contributed by atoms with Gasteiger partial charge >= 0.3 is 6.18 Å². The number of carbonyl (C=O) groups excluding carboxylic acids is 1. The van der Waals surface area contributed by atoms with Crippen molar-refractivity contribution in [3.8, 4) is 0 Å². The molecule has 0 aromatic heterocycles. The van der Waals surface area contributed by atoms with E-state index in [-0.39, 0.29) is 12.2 Å². The molecule has 0 spiro atoms. The summed E-state index contributed by atoms with van der Waals surface area (Å²) < 4.78 is 40.0. The van der Waals surface area contributed by atoms with Crippen LogP contribution in [-0.2, 0) is 11.0 Å². The molecule has 150 valence electrons. The summed E-state index contributed by atoms with van der Waals surface area (Å²) in [6.07, 6.45) is -4.80. The zero-order valence-corrected chi connectivity index (χ0v) is 15.8. The molecule has 0 aliphatic heterocycles. The van der Waals surface area contributed by atoms with Crippen molar-refractivity contribution in [2.24, 2.45) is 0 Å². The van der Waals surface area contributed by atoms with Gasteiger partial charge in [0.05, 0.1) is 17.0 Å². The largest absolute Gasteiger partial charge is 0.418 e. The number of hydrogen-bond acceptors (Lipinski definition) is 4. The van der Waals surface area contributed by atoms with Crippen LogP contribution in [0, 0.1) is 30.9 Å². The van der Waals surface area contributed by atoms with Crippen molar-refractivity contribution in [3.05, 3.63) is 62.7 Å². The number of nitro benzene ring substituents is 1. The number of anilines is 2. The minimum absolute atomic E-state index is 0.314. The molecule has 0 fully saturated rings. The summed E-state index contributed by atoms with van der Waals surface area (Å²) in [4.78, 5) is 23.4. The molecule has 2 rings (SSSR count). The number of nitro groups is 1. The van der Waals surface area contributed by atoms with Crippen LogP contribution in [0.15, 0.2) is 30.3 Å². The Labute approximate surface area is 160 Å². The third kappa shape index (κ3) is 4.79. The third-order valence-electron chi connectivity index (χ3n) is 4.23. The molecule has 2 aromatic rings. The SMILES string of the molecule is Cc1cc(C)c(NC(=O)CN(C)c2ccc([N+](=O)[O-])cc2C(F)(F)F)c(C)c1.